The predicted molar refractivity (Wildman–Crippen MR) is 106 cm³/mol. The number of nitrogens with two attached hydrogens (primary N) is 1. The van der Waals surface area contributed by atoms with Gasteiger partial charge in [-0.15, -0.1) is 0 Å². The van der Waals surface area contributed by atoms with E-state index in [9.17, 15) is 26.7 Å². The number of piperidine rings is 1. The van der Waals surface area contributed by atoms with E-state index < -0.39 is 17.7 Å². The Bertz CT molecular complexity index is 903. The molecule has 0 saturated carbocycles. The van der Waals surface area contributed by atoms with Crippen molar-refractivity contribution in [3.63, 3.8) is 0 Å². The molecule has 2 aromatic rings. The molecule has 4 nitrogen and oxygen atoms in total. The van der Waals surface area contributed by atoms with Crippen molar-refractivity contribution in [2.24, 2.45) is 5.73 Å². The second-order valence-electron chi connectivity index (χ2n) is 7.46. The van der Waals surface area contributed by atoms with Crippen LogP contribution in [0.15, 0.2) is 42.5 Å². The zero-order valence-electron chi connectivity index (χ0n) is 16.7. The maximum atomic E-state index is 13.3. The lowest BCUT2D eigenvalue weighted by atomic mass is 10.00. The van der Waals surface area contributed by atoms with Gasteiger partial charge in [0.15, 0.2) is 0 Å². The lowest BCUT2D eigenvalue weighted by Crippen LogP contribution is -2.42. The van der Waals surface area contributed by atoms with E-state index in [0.29, 0.717) is 24.1 Å². The number of nitrogens with zero attached hydrogens (tertiary/aromatic N) is 1. The second kappa shape index (κ2) is 9.21. The largest absolute Gasteiger partial charge is 0.494 e. The van der Waals surface area contributed by atoms with Crippen LogP contribution in [0.3, 0.4) is 0 Å². The number of carbonyl (C=O) groups is 1. The fourth-order valence-corrected chi connectivity index (χ4v) is 3.31. The number of amides is 1. The van der Waals surface area contributed by atoms with E-state index in [-0.39, 0.29) is 49.8 Å². The van der Waals surface area contributed by atoms with Gasteiger partial charge in [-0.3, -0.25) is 4.79 Å². The molecule has 2 N–H and O–H groups in total. The third kappa shape index (κ3) is 5.94. The molecule has 0 bridgehead atoms. The summed E-state index contributed by atoms with van der Waals surface area (Å²) < 4.78 is 71.9. The van der Waals surface area contributed by atoms with E-state index in [1.807, 2.05) is 0 Å². The van der Waals surface area contributed by atoms with Gasteiger partial charge in [-0.05, 0) is 54.4 Å². The van der Waals surface area contributed by atoms with Crippen molar-refractivity contribution in [1.29, 1.82) is 0 Å². The molecule has 0 aliphatic carbocycles. The first-order valence-electron chi connectivity index (χ1n) is 9.92. The quantitative estimate of drug-likeness (QED) is 0.508. The number of alkyl halides is 5. The molecule has 1 aliphatic rings. The Kier molecular flexibility index (Phi) is 6.83. The van der Waals surface area contributed by atoms with Crippen LogP contribution in [-0.4, -0.2) is 43.0 Å². The Morgan fingerprint density at radius 1 is 1.03 bits per heavy atom. The van der Waals surface area contributed by atoms with Crippen molar-refractivity contribution in [1.82, 2.24) is 4.90 Å². The highest BCUT2D eigenvalue weighted by Crippen LogP contribution is 2.36. The highest BCUT2D eigenvalue weighted by Gasteiger charge is 2.36. The monoisotopic (exact) mass is 442 g/mol. The normalized spacial score (nSPS) is 16.3. The molecule has 168 valence electrons. The molecule has 3 rings (SSSR count). The molecule has 1 saturated heterocycles. The summed E-state index contributed by atoms with van der Waals surface area (Å²) in [5, 5.41) is 0. The molecule has 1 heterocycles. The maximum Gasteiger partial charge on any atom is 0.416 e. The van der Waals surface area contributed by atoms with E-state index in [4.69, 9.17) is 10.5 Å². The van der Waals surface area contributed by atoms with Crippen LogP contribution in [0.25, 0.3) is 11.1 Å². The first-order chi connectivity index (χ1) is 14.6. The van der Waals surface area contributed by atoms with E-state index in [0.717, 1.165) is 12.1 Å². The topological polar surface area (TPSA) is 55.6 Å². The molecular weight excluding hydrogens is 419 g/mol. The molecule has 0 radical (unpaired) electrons. The summed E-state index contributed by atoms with van der Waals surface area (Å²) in [6.45, 7) is 0.477. The first kappa shape index (κ1) is 23.0. The predicted octanol–water partition coefficient (Wildman–Crippen LogP) is 4.97. The number of ether oxygens (including phenoxy) is 1. The summed E-state index contributed by atoms with van der Waals surface area (Å²) >= 11 is 0. The van der Waals surface area contributed by atoms with Gasteiger partial charge in [-0.1, -0.05) is 12.1 Å². The van der Waals surface area contributed by atoms with Crippen molar-refractivity contribution in [2.75, 3.05) is 26.2 Å². The highest BCUT2D eigenvalue weighted by atomic mass is 19.4. The van der Waals surface area contributed by atoms with E-state index in [1.165, 1.54) is 35.2 Å². The van der Waals surface area contributed by atoms with Crippen LogP contribution in [0.4, 0.5) is 22.0 Å². The number of halogens is 5. The Hall–Kier alpha value is -2.68. The SMILES string of the molecule is NCCCOc1cc(-c2ccc(C(=O)N3CCC(F)(F)CC3)cc2)cc(C(F)(F)F)c1. The average Bonchev–Trinajstić information content (AvgIpc) is 2.73. The van der Waals surface area contributed by atoms with Crippen LogP contribution < -0.4 is 10.5 Å². The van der Waals surface area contributed by atoms with Gasteiger partial charge in [0.25, 0.3) is 11.8 Å². The van der Waals surface area contributed by atoms with Crippen molar-refractivity contribution in [2.45, 2.75) is 31.4 Å². The molecule has 2 aromatic carbocycles. The zero-order chi connectivity index (χ0) is 22.6. The Balaban J connectivity index is 1.81. The fraction of sp³-hybridized carbons (Fsp3) is 0.409. The molecule has 0 spiro atoms. The highest BCUT2D eigenvalue weighted by molar-refractivity contribution is 5.94. The van der Waals surface area contributed by atoms with Crippen LogP contribution in [0.2, 0.25) is 0 Å². The van der Waals surface area contributed by atoms with Crippen LogP contribution in [0.1, 0.15) is 35.2 Å². The van der Waals surface area contributed by atoms with Gasteiger partial charge in [-0.2, -0.15) is 13.2 Å². The number of rotatable bonds is 6. The van der Waals surface area contributed by atoms with Crippen molar-refractivity contribution in [3.05, 3.63) is 53.6 Å². The molecule has 1 aliphatic heterocycles. The lowest BCUT2D eigenvalue weighted by Gasteiger charge is -2.31. The van der Waals surface area contributed by atoms with Gasteiger partial charge in [0, 0.05) is 31.5 Å². The van der Waals surface area contributed by atoms with Gasteiger partial charge in [0.2, 0.25) is 0 Å². The summed E-state index contributed by atoms with van der Waals surface area (Å²) in [6.07, 6.45) is -4.80. The molecule has 0 aromatic heterocycles. The Labute approximate surface area is 176 Å². The number of hydrogen-bond acceptors (Lipinski definition) is 3. The van der Waals surface area contributed by atoms with Gasteiger partial charge >= 0.3 is 6.18 Å². The standard InChI is InChI=1S/C22H23F5N2O2/c23-21(24)6-9-29(10-7-21)20(30)16-4-2-15(3-5-16)17-12-18(22(25,26)27)14-19(13-17)31-11-1-8-28/h2-5,12-14H,1,6-11,28H2. The van der Waals surface area contributed by atoms with Crippen LogP contribution in [-0.2, 0) is 6.18 Å². The smallest absolute Gasteiger partial charge is 0.416 e. The minimum absolute atomic E-state index is 0.0370. The van der Waals surface area contributed by atoms with Gasteiger partial charge in [0.1, 0.15) is 5.75 Å². The summed E-state index contributed by atoms with van der Waals surface area (Å²) in [5.74, 6) is -3.06. The van der Waals surface area contributed by atoms with Crippen molar-refractivity contribution < 1.29 is 31.5 Å². The van der Waals surface area contributed by atoms with E-state index >= 15 is 0 Å². The fourth-order valence-electron chi connectivity index (χ4n) is 3.31. The number of hydrogen-bond donors (Lipinski definition) is 1. The summed E-state index contributed by atoms with van der Waals surface area (Å²) in [7, 11) is 0. The molecule has 9 heteroatoms. The minimum atomic E-state index is -4.55. The third-order valence-electron chi connectivity index (χ3n) is 5.10. The van der Waals surface area contributed by atoms with Crippen LogP contribution >= 0.6 is 0 Å². The Morgan fingerprint density at radius 3 is 2.26 bits per heavy atom. The van der Waals surface area contributed by atoms with Crippen molar-refractivity contribution in [3.8, 4) is 16.9 Å². The Morgan fingerprint density at radius 2 is 1.68 bits per heavy atom. The summed E-state index contributed by atoms with van der Waals surface area (Å²) in [6, 6.07) is 9.48. The molecule has 1 amide bonds. The number of carbonyl (C=O) groups excluding carboxylic acids is 1. The summed E-state index contributed by atoms with van der Waals surface area (Å²) in [4.78, 5) is 13.9. The average molecular weight is 442 g/mol. The van der Waals surface area contributed by atoms with E-state index in [2.05, 4.69) is 0 Å². The van der Waals surface area contributed by atoms with E-state index in [1.54, 1.807) is 0 Å². The number of likely N-dealkylation sites (tertiary alicyclic amines) is 1. The molecule has 31 heavy (non-hydrogen) atoms. The lowest BCUT2D eigenvalue weighted by molar-refractivity contribution is -0.137. The van der Waals surface area contributed by atoms with Crippen LogP contribution in [0.5, 0.6) is 5.75 Å². The van der Waals surface area contributed by atoms with Gasteiger partial charge < -0.3 is 15.4 Å². The minimum Gasteiger partial charge on any atom is -0.494 e. The second-order valence-corrected chi connectivity index (χ2v) is 7.46. The number of benzene rings is 2. The molecule has 0 unspecified atom stereocenters. The molecular formula is C22H23F5N2O2. The third-order valence-corrected chi connectivity index (χ3v) is 5.10. The molecule has 1 fully saturated rings. The maximum absolute atomic E-state index is 13.3. The zero-order valence-corrected chi connectivity index (χ0v) is 16.7. The first-order valence-corrected chi connectivity index (χ1v) is 9.92. The van der Waals surface area contributed by atoms with Gasteiger partial charge in [0.05, 0.1) is 12.2 Å². The summed E-state index contributed by atoms with van der Waals surface area (Å²) in [5.41, 5.74) is 5.59. The van der Waals surface area contributed by atoms with Crippen molar-refractivity contribution >= 4 is 5.91 Å². The molecule has 0 atom stereocenters. The van der Waals surface area contributed by atoms with Crippen LogP contribution in [0, 0.1) is 0 Å². The van der Waals surface area contributed by atoms with Gasteiger partial charge in [-0.25, -0.2) is 8.78 Å².